The Morgan fingerprint density at radius 1 is 1.31 bits per heavy atom. The van der Waals surface area contributed by atoms with Gasteiger partial charge in [0.15, 0.2) is 6.29 Å². The molecular formula is C10H16O3. The van der Waals surface area contributed by atoms with Gasteiger partial charge in [0.1, 0.15) is 0 Å². The van der Waals surface area contributed by atoms with Gasteiger partial charge in [0, 0.05) is 11.8 Å². The Kier molecular flexibility index (Phi) is 1.56. The van der Waals surface area contributed by atoms with Crippen LogP contribution in [0.25, 0.3) is 0 Å². The van der Waals surface area contributed by atoms with Crippen LogP contribution in [0.2, 0.25) is 0 Å². The summed E-state index contributed by atoms with van der Waals surface area (Å²) in [5.41, 5.74) is -0.561. The molecule has 1 N–H and O–H groups in total. The van der Waals surface area contributed by atoms with Crippen LogP contribution in [0.1, 0.15) is 19.8 Å². The molecular weight excluding hydrogens is 168 g/mol. The predicted molar refractivity (Wildman–Crippen MR) is 46.0 cm³/mol. The van der Waals surface area contributed by atoms with E-state index < -0.39 is 5.60 Å². The fourth-order valence-corrected chi connectivity index (χ4v) is 3.28. The van der Waals surface area contributed by atoms with E-state index in [4.69, 9.17) is 9.47 Å². The van der Waals surface area contributed by atoms with Crippen molar-refractivity contribution >= 4 is 0 Å². The Labute approximate surface area is 78.0 Å². The summed E-state index contributed by atoms with van der Waals surface area (Å²) in [6.07, 6.45) is 1.92. The number of aliphatic hydroxyl groups is 1. The molecule has 1 saturated carbocycles. The summed E-state index contributed by atoms with van der Waals surface area (Å²) in [5, 5.41) is 10.2. The normalized spacial score (nSPS) is 59.5. The highest BCUT2D eigenvalue weighted by Gasteiger charge is 2.56. The maximum atomic E-state index is 10.2. The first-order valence-corrected chi connectivity index (χ1v) is 5.14. The van der Waals surface area contributed by atoms with E-state index >= 15 is 0 Å². The smallest absolute Gasteiger partial charge is 0.163 e. The van der Waals surface area contributed by atoms with Crippen LogP contribution in [0.3, 0.4) is 0 Å². The van der Waals surface area contributed by atoms with E-state index in [0.29, 0.717) is 11.8 Å². The molecule has 0 spiro atoms. The highest BCUT2D eigenvalue weighted by Crippen LogP contribution is 2.51. The average molecular weight is 184 g/mol. The maximum Gasteiger partial charge on any atom is 0.163 e. The molecule has 2 bridgehead atoms. The molecule has 3 aliphatic heterocycles. The third-order valence-electron chi connectivity index (χ3n) is 4.01. The number of ether oxygens (including phenoxy) is 2. The predicted octanol–water partition coefficient (Wildman–Crippen LogP) is 0.766. The van der Waals surface area contributed by atoms with Gasteiger partial charge in [0.05, 0.1) is 18.8 Å². The minimum atomic E-state index is -0.561. The zero-order valence-corrected chi connectivity index (χ0v) is 7.90. The van der Waals surface area contributed by atoms with Gasteiger partial charge in [-0.3, -0.25) is 0 Å². The Morgan fingerprint density at radius 3 is 2.62 bits per heavy atom. The minimum Gasteiger partial charge on any atom is -0.390 e. The zero-order chi connectivity index (χ0) is 9.05. The SMILES string of the molecule is CC1(O)CCC2C3COC(OC3)C21. The van der Waals surface area contributed by atoms with Crippen molar-refractivity contribution in [3.8, 4) is 0 Å². The molecule has 0 aromatic rings. The van der Waals surface area contributed by atoms with E-state index in [1.54, 1.807) is 0 Å². The van der Waals surface area contributed by atoms with E-state index in [1.165, 1.54) is 0 Å². The Morgan fingerprint density at radius 2 is 2.00 bits per heavy atom. The Hall–Kier alpha value is -0.120. The van der Waals surface area contributed by atoms with Crippen molar-refractivity contribution in [2.45, 2.75) is 31.7 Å². The van der Waals surface area contributed by atoms with Gasteiger partial charge < -0.3 is 14.6 Å². The van der Waals surface area contributed by atoms with Crippen molar-refractivity contribution in [1.82, 2.24) is 0 Å². The average Bonchev–Trinajstić information content (AvgIpc) is 2.47. The van der Waals surface area contributed by atoms with Crippen molar-refractivity contribution in [3.63, 3.8) is 0 Å². The Balaban J connectivity index is 1.93. The first-order valence-electron chi connectivity index (χ1n) is 5.14. The molecule has 0 radical (unpaired) electrons. The highest BCUT2D eigenvalue weighted by molar-refractivity contribution is 5.02. The molecule has 3 heterocycles. The molecule has 3 heteroatoms. The van der Waals surface area contributed by atoms with Crippen LogP contribution < -0.4 is 0 Å². The first kappa shape index (κ1) is 8.21. The topological polar surface area (TPSA) is 38.7 Å². The fraction of sp³-hybridized carbons (Fsp3) is 1.00. The largest absolute Gasteiger partial charge is 0.390 e. The molecule has 0 amide bonds. The molecule has 0 aromatic carbocycles. The monoisotopic (exact) mass is 184 g/mol. The van der Waals surface area contributed by atoms with Gasteiger partial charge in [-0.1, -0.05) is 0 Å². The van der Waals surface area contributed by atoms with Gasteiger partial charge in [-0.25, -0.2) is 0 Å². The molecule has 4 fully saturated rings. The van der Waals surface area contributed by atoms with E-state index in [-0.39, 0.29) is 12.2 Å². The quantitative estimate of drug-likeness (QED) is 0.604. The Bertz CT molecular complexity index is 218. The molecule has 3 atom stereocenters. The number of rotatable bonds is 0. The van der Waals surface area contributed by atoms with Gasteiger partial charge in [0.2, 0.25) is 0 Å². The van der Waals surface area contributed by atoms with Crippen molar-refractivity contribution in [1.29, 1.82) is 0 Å². The van der Waals surface area contributed by atoms with Crippen LogP contribution in [0.15, 0.2) is 0 Å². The summed E-state index contributed by atoms with van der Waals surface area (Å²) >= 11 is 0. The van der Waals surface area contributed by atoms with Gasteiger partial charge in [-0.2, -0.15) is 0 Å². The van der Waals surface area contributed by atoms with Gasteiger partial charge in [-0.15, -0.1) is 0 Å². The highest BCUT2D eigenvalue weighted by atomic mass is 16.7. The summed E-state index contributed by atoms with van der Waals surface area (Å²) in [6.45, 7) is 3.59. The lowest BCUT2D eigenvalue weighted by Crippen LogP contribution is -2.55. The molecule has 4 aliphatic rings. The third-order valence-corrected chi connectivity index (χ3v) is 4.01. The molecule has 1 aliphatic carbocycles. The lowest BCUT2D eigenvalue weighted by molar-refractivity contribution is -0.299. The van der Waals surface area contributed by atoms with Gasteiger partial charge >= 0.3 is 0 Å². The molecule has 74 valence electrons. The standard InChI is InChI=1S/C10H16O3/c1-10(11)3-2-7-6-4-12-9(8(7)10)13-5-6/h6-9,11H,2-5H2,1H3. The van der Waals surface area contributed by atoms with Gasteiger partial charge in [0.25, 0.3) is 0 Å². The van der Waals surface area contributed by atoms with Crippen molar-refractivity contribution < 1.29 is 14.6 Å². The summed E-state index contributed by atoms with van der Waals surface area (Å²) in [4.78, 5) is 0. The summed E-state index contributed by atoms with van der Waals surface area (Å²) in [7, 11) is 0. The van der Waals surface area contributed by atoms with Crippen LogP contribution in [-0.4, -0.2) is 30.2 Å². The van der Waals surface area contributed by atoms with Crippen LogP contribution in [0.4, 0.5) is 0 Å². The third kappa shape index (κ3) is 1.01. The number of fused-ring (bicyclic) bond motifs is 2. The van der Waals surface area contributed by atoms with Crippen LogP contribution in [-0.2, 0) is 9.47 Å². The molecule has 0 aromatic heterocycles. The van der Waals surface area contributed by atoms with Crippen LogP contribution in [0.5, 0.6) is 0 Å². The first-order chi connectivity index (χ1) is 6.18. The second-order valence-electron chi connectivity index (χ2n) is 4.88. The minimum absolute atomic E-state index is 0.132. The lowest BCUT2D eigenvalue weighted by atomic mass is 9.76. The van der Waals surface area contributed by atoms with E-state index in [2.05, 4.69) is 0 Å². The molecule has 13 heavy (non-hydrogen) atoms. The fourth-order valence-electron chi connectivity index (χ4n) is 3.28. The number of hydrogen-bond donors (Lipinski definition) is 1. The van der Waals surface area contributed by atoms with Gasteiger partial charge in [-0.05, 0) is 25.7 Å². The second kappa shape index (κ2) is 2.47. The second-order valence-corrected chi connectivity index (χ2v) is 4.88. The lowest BCUT2D eigenvalue weighted by Gasteiger charge is -2.48. The maximum absolute atomic E-state index is 10.2. The van der Waals surface area contributed by atoms with Crippen molar-refractivity contribution in [3.05, 3.63) is 0 Å². The summed E-state index contributed by atoms with van der Waals surface area (Å²) < 4.78 is 11.1. The zero-order valence-electron chi connectivity index (χ0n) is 7.90. The molecule has 3 nitrogen and oxygen atoms in total. The summed E-state index contributed by atoms with van der Waals surface area (Å²) in [6, 6.07) is 0. The van der Waals surface area contributed by atoms with Crippen molar-refractivity contribution in [2.75, 3.05) is 13.2 Å². The van der Waals surface area contributed by atoms with E-state index in [1.807, 2.05) is 6.92 Å². The van der Waals surface area contributed by atoms with Crippen LogP contribution in [0, 0.1) is 17.8 Å². The van der Waals surface area contributed by atoms with E-state index in [0.717, 1.165) is 26.1 Å². The number of hydrogen-bond acceptors (Lipinski definition) is 3. The van der Waals surface area contributed by atoms with Crippen LogP contribution >= 0.6 is 0 Å². The molecule has 4 rings (SSSR count). The summed E-state index contributed by atoms with van der Waals surface area (Å²) in [5.74, 6) is 1.39. The van der Waals surface area contributed by atoms with E-state index in [9.17, 15) is 5.11 Å². The molecule has 3 saturated heterocycles. The molecule has 3 unspecified atom stereocenters. The van der Waals surface area contributed by atoms with Crippen molar-refractivity contribution in [2.24, 2.45) is 17.8 Å².